The van der Waals surface area contributed by atoms with E-state index in [0.717, 1.165) is 11.3 Å². The van der Waals surface area contributed by atoms with Crippen molar-refractivity contribution in [3.05, 3.63) is 57.3 Å². The number of furan rings is 1. The van der Waals surface area contributed by atoms with Crippen LogP contribution < -0.4 is 4.90 Å². The first-order chi connectivity index (χ1) is 10.5. The minimum Gasteiger partial charge on any atom is -0.462 e. The van der Waals surface area contributed by atoms with Gasteiger partial charge in [0.2, 0.25) is 0 Å². The van der Waals surface area contributed by atoms with Crippen LogP contribution >= 0.6 is 35.6 Å². The Morgan fingerprint density at radius 1 is 1.27 bits per heavy atom. The second kappa shape index (κ2) is 5.91. The highest BCUT2D eigenvalue weighted by Gasteiger charge is 2.33. The highest BCUT2D eigenvalue weighted by atomic mass is 35.5. The van der Waals surface area contributed by atoms with E-state index < -0.39 is 0 Å². The number of nitrogens with zero attached hydrogens (tertiary/aromatic N) is 1. The van der Waals surface area contributed by atoms with Crippen molar-refractivity contribution in [2.24, 2.45) is 0 Å². The molecule has 1 amide bonds. The van der Waals surface area contributed by atoms with Gasteiger partial charge in [-0.15, -0.1) is 0 Å². The molecule has 3 rings (SSSR count). The Morgan fingerprint density at radius 3 is 2.68 bits per heavy atom. The van der Waals surface area contributed by atoms with Crippen LogP contribution in [0.4, 0.5) is 5.69 Å². The lowest BCUT2D eigenvalue weighted by atomic mass is 10.2. The second-order valence-electron chi connectivity index (χ2n) is 4.90. The molecule has 22 heavy (non-hydrogen) atoms. The zero-order valence-corrected chi connectivity index (χ0v) is 14.3. The van der Waals surface area contributed by atoms with E-state index in [1.54, 1.807) is 12.1 Å². The number of thiocarbonyl (C=S) groups is 1. The topological polar surface area (TPSA) is 33.5 Å². The molecule has 1 aliphatic heterocycles. The molecule has 2 aromatic rings. The summed E-state index contributed by atoms with van der Waals surface area (Å²) in [6, 6.07) is 9.14. The number of halogens is 1. The predicted molar refractivity (Wildman–Crippen MR) is 95.3 cm³/mol. The summed E-state index contributed by atoms with van der Waals surface area (Å²) in [5.74, 6) is 1.27. The maximum Gasteiger partial charge on any atom is 0.270 e. The van der Waals surface area contributed by atoms with Gasteiger partial charge in [0.25, 0.3) is 5.91 Å². The number of carbonyl (C=O) groups is 1. The van der Waals surface area contributed by atoms with Crippen LogP contribution in [0.2, 0.25) is 5.02 Å². The molecule has 1 aliphatic rings. The average Bonchev–Trinajstić information content (AvgIpc) is 2.98. The van der Waals surface area contributed by atoms with E-state index in [2.05, 4.69) is 0 Å². The monoisotopic (exact) mass is 349 g/mol. The Labute approximate surface area is 142 Å². The summed E-state index contributed by atoms with van der Waals surface area (Å²) in [5, 5.41) is 0.609. The van der Waals surface area contributed by atoms with Gasteiger partial charge in [0.15, 0.2) is 4.32 Å². The molecule has 1 fully saturated rings. The van der Waals surface area contributed by atoms with Gasteiger partial charge in [0.05, 0.1) is 10.6 Å². The first-order valence-electron chi connectivity index (χ1n) is 6.56. The van der Waals surface area contributed by atoms with Crippen LogP contribution in [0.15, 0.2) is 39.7 Å². The van der Waals surface area contributed by atoms with Crippen molar-refractivity contribution in [2.45, 2.75) is 13.8 Å². The van der Waals surface area contributed by atoms with E-state index in [4.69, 9.17) is 28.2 Å². The summed E-state index contributed by atoms with van der Waals surface area (Å²) in [5.41, 5.74) is 1.63. The van der Waals surface area contributed by atoms with Gasteiger partial charge in [-0.05, 0) is 43.7 Å². The number of rotatable bonds is 2. The van der Waals surface area contributed by atoms with E-state index in [1.165, 1.54) is 16.7 Å². The number of thioether (sulfide) groups is 1. The second-order valence-corrected chi connectivity index (χ2v) is 6.98. The van der Waals surface area contributed by atoms with Crippen molar-refractivity contribution in [3.8, 4) is 0 Å². The van der Waals surface area contributed by atoms with Crippen molar-refractivity contribution < 1.29 is 9.21 Å². The summed E-state index contributed by atoms with van der Waals surface area (Å²) < 4.78 is 5.97. The highest BCUT2D eigenvalue weighted by molar-refractivity contribution is 8.27. The molecule has 1 aromatic heterocycles. The van der Waals surface area contributed by atoms with Crippen molar-refractivity contribution in [3.63, 3.8) is 0 Å². The predicted octanol–water partition coefficient (Wildman–Crippen LogP) is 4.96. The van der Waals surface area contributed by atoms with E-state index in [9.17, 15) is 4.79 Å². The molecule has 0 spiro atoms. The summed E-state index contributed by atoms with van der Waals surface area (Å²) >= 11 is 12.7. The summed E-state index contributed by atoms with van der Waals surface area (Å²) in [4.78, 5) is 14.6. The molecule has 0 radical (unpaired) electrons. The fourth-order valence-electron chi connectivity index (χ4n) is 2.07. The first-order valence-corrected chi connectivity index (χ1v) is 8.16. The molecule has 0 aliphatic carbocycles. The number of aryl methyl sites for hydroxylation is 2. The third kappa shape index (κ3) is 2.84. The van der Waals surface area contributed by atoms with E-state index in [-0.39, 0.29) is 5.91 Å². The molecule has 0 atom stereocenters. The van der Waals surface area contributed by atoms with Gasteiger partial charge >= 0.3 is 0 Å². The molecule has 0 unspecified atom stereocenters. The molecule has 2 heterocycles. The zero-order valence-electron chi connectivity index (χ0n) is 11.9. The lowest BCUT2D eigenvalue weighted by Crippen LogP contribution is -2.27. The lowest BCUT2D eigenvalue weighted by molar-refractivity contribution is -0.113. The maximum atomic E-state index is 12.6. The Balaban J connectivity index is 1.94. The van der Waals surface area contributed by atoms with Crippen LogP contribution in [0.5, 0.6) is 0 Å². The first kappa shape index (κ1) is 15.3. The molecular formula is C16H12ClNO2S2. The molecule has 3 nitrogen and oxygen atoms in total. The van der Waals surface area contributed by atoms with Crippen LogP contribution in [0.25, 0.3) is 6.08 Å². The van der Waals surface area contributed by atoms with Gasteiger partial charge in [-0.3, -0.25) is 9.69 Å². The van der Waals surface area contributed by atoms with Crippen molar-refractivity contribution in [1.29, 1.82) is 0 Å². The maximum absolute atomic E-state index is 12.6. The lowest BCUT2D eigenvalue weighted by Gasteiger charge is -2.15. The molecule has 1 aromatic carbocycles. The Kier molecular flexibility index (Phi) is 4.12. The number of hydrogen-bond donors (Lipinski definition) is 0. The molecule has 0 saturated carbocycles. The van der Waals surface area contributed by atoms with Crippen LogP contribution in [-0.2, 0) is 4.79 Å². The van der Waals surface area contributed by atoms with Crippen LogP contribution in [0.3, 0.4) is 0 Å². The van der Waals surface area contributed by atoms with Gasteiger partial charge in [-0.1, -0.05) is 41.6 Å². The number of benzene rings is 1. The Hall–Kier alpha value is -1.56. The highest BCUT2D eigenvalue weighted by Crippen LogP contribution is 2.37. The molecule has 1 saturated heterocycles. The summed E-state index contributed by atoms with van der Waals surface area (Å²) in [6.07, 6.45) is 1.71. The van der Waals surface area contributed by atoms with Gasteiger partial charge in [-0.25, -0.2) is 0 Å². The van der Waals surface area contributed by atoms with Crippen LogP contribution in [0, 0.1) is 13.8 Å². The third-order valence-electron chi connectivity index (χ3n) is 3.24. The van der Waals surface area contributed by atoms with Crippen LogP contribution in [0.1, 0.15) is 17.1 Å². The number of carbonyl (C=O) groups excluding carboxylic acids is 1. The van der Waals surface area contributed by atoms with Gasteiger partial charge < -0.3 is 4.42 Å². The molecule has 6 heteroatoms. The van der Waals surface area contributed by atoms with E-state index in [1.807, 2.05) is 38.1 Å². The summed E-state index contributed by atoms with van der Waals surface area (Å²) in [7, 11) is 0. The largest absolute Gasteiger partial charge is 0.462 e. The van der Waals surface area contributed by atoms with Crippen molar-refractivity contribution in [1.82, 2.24) is 0 Å². The van der Waals surface area contributed by atoms with Gasteiger partial charge in [0, 0.05) is 11.1 Å². The fraction of sp³-hybridized carbons (Fsp3) is 0.125. The SMILES string of the molecule is Cc1ccc(/C=C2\SC(=S)N(c3ccc(C)c(Cl)c3)C2=O)o1. The number of hydrogen-bond acceptors (Lipinski definition) is 4. The fourth-order valence-corrected chi connectivity index (χ4v) is 3.53. The third-order valence-corrected chi connectivity index (χ3v) is 4.95. The normalized spacial score (nSPS) is 16.9. The van der Waals surface area contributed by atoms with Gasteiger partial charge in [-0.2, -0.15) is 0 Å². The molecular weight excluding hydrogens is 338 g/mol. The smallest absolute Gasteiger partial charge is 0.270 e. The standard InChI is InChI=1S/C16H12ClNO2S2/c1-9-3-5-11(7-13(9)17)18-15(19)14(22-16(18)21)8-12-6-4-10(2)20-12/h3-8H,1-2H3/b14-8-. The Bertz CT molecular complexity index is 810. The quantitative estimate of drug-likeness (QED) is 0.567. The van der Waals surface area contributed by atoms with Crippen molar-refractivity contribution >= 4 is 57.6 Å². The van der Waals surface area contributed by atoms with Crippen molar-refractivity contribution in [2.75, 3.05) is 4.90 Å². The van der Waals surface area contributed by atoms with Crippen LogP contribution in [-0.4, -0.2) is 10.2 Å². The summed E-state index contributed by atoms with van der Waals surface area (Å²) in [6.45, 7) is 3.77. The molecule has 0 bridgehead atoms. The average molecular weight is 350 g/mol. The number of amides is 1. The molecule has 112 valence electrons. The number of anilines is 1. The minimum atomic E-state index is -0.163. The van der Waals surface area contributed by atoms with E-state index >= 15 is 0 Å². The van der Waals surface area contributed by atoms with Gasteiger partial charge in [0.1, 0.15) is 11.5 Å². The van der Waals surface area contributed by atoms with E-state index in [0.29, 0.717) is 25.7 Å². The molecule has 0 N–H and O–H groups in total. The Morgan fingerprint density at radius 2 is 2.05 bits per heavy atom. The zero-order chi connectivity index (χ0) is 15.9. The minimum absolute atomic E-state index is 0.163.